The molecule has 0 radical (unpaired) electrons. The summed E-state index contributed by atoms with van der Waals surface area (Å²) in [5.41, 5.74) is 6.88. The second-order valence-electron chi connectivity index (χ2n) is 11.5. The molecule has 0 saturated heterocycles. The first-order valence-corrected chi connectivity index (χ1v) is 17.3. The number of aryl methyl sites for hydroxylation is 1. The minimum atomic E-state index is -0.924. The predicted molar refractivity (Wildman–Crippen MR) is 175 cm³/mol. The summed E-state index contributed by atoms with van der Waals surface area (Å²) in [7, 11) is 0. The Labute approximate surface area is 236 Å². The number of benzene rings is 3. The van der Waals surface area contributed by atoms with Crippen LogP contribution in [0.15, 0.2) is 67.2 Å². The van der Waals surface area contributed by atoms with Gasteiger partial charge < -0.3 is 10.1 Å². The van der Waals surface area contributed by atoms with Gasteiger partial charge in [0.25, 0.3) is 0 Å². The highest BCUT2D eigenvalue weighted by atomic mass is 31.2. The molecule has 2 atom stereocenters. The Bertz CT molecular complexity index is 1480. The number of fused-ring (bicyclic) bond motifs is 2. The van der Waals surface area contributed by atoms with Crippen LogP contribution in [-0.2, 0) is 0 Å². The van der Waals surface area contributed by atoms with E-state index in [0.717, 1.165) is 51.2 Å². The van der Waals surface area contributed by atoms with Crippen molar-refractivity contribution in [2.24, 2.45) is 5.92 Å². The van der Waals surface area contributed by atoms with Crippen LogP contribution >= 0.6 is 6.89 Å². The molecule has 3 heteroatoms. The van der Waals surface area contributed by atoms with Gasteiger partial charge in [-0.1, -0.05) is 88.7 Å². The number of rotatable bonds is 13. The molecule has 0 amide bonds. The summed E-state index contributed by atoms with van der Waals surface area (Å²) in [6, 6.07) is 21.2. The molecule has 0 aliphatic carbocycles. The van der Waals surface area contributed by atoms with Gasteiger partial charge in [0.05, 0.1) is 0 Å². The van der Waals surface area contributed by atoms with E-state index in [-0.39, 0.29) is 0 Å². The molecule has 0 bridgehead atoms. The third-order valence-electron chi connectivity index (χ3n) is 8.34. The lowest BCUT2D eigenvalue weighted by molar-refractivity contribution is 0.435. The Morgan fingerprint density at radius 2 is 1.74 bits per heavy atom. The van der Waals surface area contributed by atoms with E-state index in [1.54, 1.807) is 0 Å². The zero-order valence-electron chi connectivity index (χ0n) is 24.5. The lowest BCUT2D eigenvalue weighted by atomic mass is 9.89. The van der Waals surface area contributed by atoms with Gasteiger partial charge in [-0.3, -0.25) is 0 Å². The Balaban J connectivity index is 1.45. The van der Waals surface area contributed by atoms with Gasteiger partial charge in [-0.15, -0.1) is 13.2 Å². The summed E-state index contributed by atoms with van der Waals surface area (Å²) in [5, 5.41) is 5.66. The van der Waals surface area contributed by atoms with Gasteiger partial charge in [0.1, 0.15) is 11.5 Å². The molecule has 2 unspecified atom stereocenters. The molecule has 3 aromatic rings. The minimum absolute atomic E-state index is 0.835. The highest BCUT2D eigenvalue weighted by Crippen LogP contribution is 2.42. The summed E-state index contributed by atoms with van der Waals surface area (Å²) in [6.45, 7) is 17.8. The minimum Gasteiger partial charge on any atom is -0.456 e. The van der Waals surface area contributed by atoms with Gasteiger partial charge in [0.2, 0.25) is 0 Å². The topological polar surface area (TPSA) is 21.3 Å². The summed E-state index contributed by atoms with van der Waals surface area (Å²) in [6.07, 6.45) is 13.5. The Morgan fingerprint density at radius 3 is 2.51 bits per heavy atom. The molecule has 4 rings (SSSR count). The standard InChI is InChI=1S/C36H46NOP/c1-8-29(21-23-39(6,7)9-2)14-12-13-22-37-28(5)30-19-18-27(4)33(25-30)36-31-15-10-11-16-34(31)38-35-24-26(3)17-20-32(35)36/h10-11,15-20,24-25,29,37H,3,5-6,8-9,12-14,21-23H2,1-2,4,7H3. The van der Waals surface area contributed by atoms with Gasteiger partial charge in [-0.2, -0.15) is 0 Å². The number of unbranched alkanes of at least 4 members (excludes halogenated alkanes) is 1. The zero-order chi connectivity index (χ0) is 28.0. The Morgan fingerprint density at radius 1 is 0.949 bits per heavy atom. The van der Waals surface area contributed by atoms with Crippen LogP contribution in [0.2, 0.25) is 0 Å². The maximum absolute atomic E-state index is 6.27. The van der Waals surface area contributed by atoms with E-state index >= 15 is 0 Å². The summed E-state index contributed by atoms with van der Waals surface area (Å²) < 4.78 is 6.27. The van der Waals surface area contributed by atoms with Gasteiger partial charge in [-0.05, 0) is 84.8 Å². The van der Waals surface area contributed by atoms with Crippen LogP contribution in [0.3, 0.4) is 0 Å². The van der Waals surface area contributed by atoms with Crippen molar-refractivity contribution < 1.29 is 4.74 Å². The molecule has 39 heavy (non-hydrogen) atoms. The highest BCUT2D eigenvalue weighted by Gasteiger charge is 2.21. The molecule has 0 spiro atoms. The largest absolute Gasteiger partial charge is 0.456 e. The van der Waals surface area contributed by atoms with E-state index in [2.05, 4.69) is 94.7 Å². The molecular weight excluding hydrogens is 493 g/mol. The molecule has 1 aliphatic heterocycles. The molecular formula is C36H46NOP. The third-order valence-corrected chi connectivity index (χ3v) is 11.2. The quantitative estimate of drug-likeness (QED) is 0.137. The number of hydrogen-bond donors (Lipinski definition) is 1. The molecule has 0 saturated carbocycles. The predicted octanol–water partition coefficient (Wildman–Crippen LogP) is 8.00. The molecule has 1 heterocycles. The second-order valence-corrected chi connectivity index (χ2v) is 15.8. The fraction of sp³-hybridized carbons (Fsp3) is 0.361. The number of para-hydroxylation sites is 1. The summed E-state index contributed by atoms with van der Waals surface area (Å²) in [4.78, 5) is 0. The third kappa shape index (κ3) is 7.17. The van der Waals surface area contributed by atoms with Crippen LogP contribution in [0.5, 0.6) is 11.5 Å². The number of nitrogens with one attached hydrogen (secondary N) is 1. The molecule has 2 nitrogen and oxygen atoms in total. The smallest absolute Gasteiger partial charge is 0.135 e. The molecule has 3 aromatic carbocycles. The lowest BCUT2D eigenvalue weighted by Gasteiger charge is -2.23. The zero-order valence-corrected chi connectivity index (χ0v) is 25.4. The molecule has 1 N–H and O–H groups in total. The van der Waals surface area contributed by atoms with E-state index < -0.39 is 6.89 Å². The second kappa shape index (κ2) is 12.9. The van der Waals surface area contributed by atoms with Crippen molar-refractivity contribution in [3.05, 3.63) is 99.9 Å². The van der Waals surface area contributed by atoms with E-state index in [1.807, 2.05) is 18.2 Å². The van der Waals surface area contributed by atoms with Crippen molar-refractivity contribution in [2.75, 3.05) is 25.5 Å². The van der Waals surface area contributed by atoms with Crippen molar-refractivity contribution in [2.45, 2.75) is 52.9 Å². The van der Waals surface area contributed by atoms with Crippen molar-refractivity contribution in [3.8, 4) is 11.5 Å². The first kappa shape index (κ1) is 29.0. The molecule has 1 aliphatic rings. The van der Waals surface area contributed by atoms with Crippen LogP contribution < -0.4 is 20.5 Å². The molecule has 0 aromatic heterocycles. The SMILES string of the molecule is C=C(NCCCCC(CC)CCP(=C)(C)CC)c1ccc(C)c(C2=c3ccc(=C)cc3Oc3ccccc32)c1. The average molecular weight is 540 g/mol. The number of hydrogen-bond acceptors (Lipinski definition) is 2. The first-order valence-electron chi connectivity index (χ1n) is 14.6. The lowest BCUT2D eigenvalue weighted by Crippen LogP contribution is -2.20. The Kier molecular flexibility index (Phi) is 9.62. The van der Waals surface area contributed by atoms with Crippen molar-refractivity contribution in [3.63, 3.8) is 0 Å². The van der Waals surface area contributed by atoms with E-state index in [4.69, 9.17) is 4.74 Å². The average Bonchev–Trinajstić information content (AvgIpc) is 2.93. The normalized spacial score (nSPS) is 14.5. The maximum Gasteiger partial charge on any atom is 0.135 e. The summed E-state index contributed by atoms with van der Waals surface area (Å²) >= 11 is 0. The van der Waals surface area contributed by atoms with Crippen LogP contribution in [0.25, 0.3) is 17.8 Å². The van der Waals surface area contributed by atoms with E-state index in [9.17, 15) is 0 Å². The molecule has 206 valence electrons. The van der Waals surface area contributed by atoms with Crippen molar-refractivity contribution in [1.82, 2.24) is 5.32 Å². The van der Waals surface area contributed by atoms with Crippen molar-refractivity contribution >= 4 is 31.0 Å². The Hall–Kier alpha value is -2.96. The fourth-order valence-corrected chi connectivity index (χ4v) is 6.66. The van der Waals surface area contributed by atoms with Crippen LogP contribution in [0, 0.1) is 12.8 Å². The van der Waals surface area contributed by atoms with Crippen LogP contribution in [0.4, 0.5) is 0 Å². The van der Waals surface area contributed by atoms with E-state index in [0.29, 0.717) is 0 Å². The number of ether oxygens (including phenoxy) is 1. The highest BCUT2D eigenvalue weighted by molar-refractivity contribution is 7.72. The van der Waals surface area contributed by atoms with Gasteiger partial charge in [-0.25, -0.2) is 0 Å². The molecule has 0 fully saturated rings. The van der Waals surface area contributed by atoms with Crippen LogP contribution in [0.1, 0.15) is 68.2 Å². The van der Waals surface area contributed by atoms with Crippen LogP contribution in [-0.4, -0.2) is 31.8 Å². The van der Waals surface area contributed by atoms with Crippen molar-refractivity contribution in [1.29, 1.82) is 0 Å². The summed E-state index contributed by atoms with van der Waals surface area (Å²) in [5.74, 6) is 2.58. The van der Waals surface area contributed by atoms with Gasteiger partial charge in [0, 0.05) is 28.6 Å². The van der Waals surface area contributed by atoms with E-state index in [1.165, 1.54) is 61.1 Å². The monoisotopic (exact) mass is 539 g/mol. The van der Waals surface area contributed by atoms with Gasteiger partial charge >= 0.3 is 0 Å². The fourth-order valence-electron chi connectivity index (χ4n) is 5.36. The first-order chi connectivity index (χ1) is 18.7. The van der Waals surface area contributed by atoms with Gasteiger partial charge in [0.15, 0.2) is 0 Å². The maximum atomic E-state index is 6.27.